The normalized spacial score (nSPS) is 11.2. The van der Waals surface area contributed by atoms with Crippen molar-refractivity contribution in [1.82, 2.24) is 0 Å². The molecule has 0 spiro atoms. The maximum absolute atomic E-state index is 5.49. The van der Waals surface area contributed by atoms with E-state index in [1.165, 1.54) is 111 Å². The van der Waals surface area contributed by atoms with Crippen molar-refractivity contribution in [1.29, 1.82) is 0 Å². The summed E-state index contributed by atoms with van der Waals surface area (Å²) in [6.45, 7) is 6.92. The first-order valence-electron chi connectivity index (χ1n) is 15.5. The van der Waals surface area contributed by atoms with E-state index < -0.39 is 0 Å². The predicted octanol–water partition coefficient (Wildman–Crippen LogP) is 11.2. The molecular weight excluding hydrogens is 460 g/mol. The first-order chi connectivity index (χ1) is 18.7. The molecule has 0 bridgehead atoms. The fraction of sp³-hybridized carbons (Fsp3) is 0.514. The van der Waals surface area contributed by atoms with Gasteiger partial charge in [0.1, 0.15) is 5.75 Å². The van der Waals surface area contributed by atoms with Crippen molar-refractivity contribution < 1.29 is 4.74 Å². The summed E-state index contributed by atoms with van der Waals surface area (Å²) < 4.78 is 5.49. The highest BCUT2D eigenvalue weighted by Crippen LogP contribution is 2.40. The summed E-state index contributed by atoms with van der Waals surface area (Å²) in [5, 5.41) is 0. The van der Waals surface area contributed by atoms with Crippen LogP contribution in [0.1, 0.15) is 115 Å². The summed E-state index contributed by atoms with van der Waals surface area (Å²) in [6, 6.07) is 23.8. The molecule has 0 aliphatic rings. The Morgan fingerprint density at radius 3 is 1.76 bits per heavy atom. The van der Waals surface area contributed by atoms with Gasteiger partial charge in [-0.3, -0.25) is 0 Å². The summed E-state index contributed by atoms with van der Waals surface area (Å²) in [4.78, 5) is 0. The number of hydrogen-bond acceptors (Lipinski definition) is 1. The zero-order chi connectivity index (χ0) is 27.0. The standard InChI is InChI=1S/C37H51O/c1-5-8-11-13-14-19-24-35-34(23-18-12-9-6-2)32(20-10-7-3)29-36(30-25-27-33(38-4)28-26-30)37(35)31-21-16-15-17-22-31/h15-17,21-22,25-28H,5-14,18-20,23-24H2,1-4H3. The van der Waals surface area contributed by atoms with Crippen LogP contribution in [-0.2, 0) is 19.3 Å². The number of ether oxygens (including phenoxy) is 1. The third kappa shape index (κ3) is 8.75. The molecule has 0 saturated heterocycles. The molecule has 1 heteroatoms. The first-order valence-corrected chi connectivity index (χ1v) is 15.5. The molecule has 0 aliphatic heterocycles. The third-order valence-electron chi connectivity index (χ3n) is 7.84. The second-order valence-corrected chi connectivity index (χ2v) is 10.8. The Balaban J connectivity index is 2.15. The average Bonchev–Trinajstić information content (AvgIpc) is 2.96. The molecule has 0 atom stereocenters. The molecule has 0 fully saturated rings. The maximum Gasteiger partial charge on any atom is 0.118 e. The first kappa shape index (κ1) is 30.0. The van der Waals surface area contributed by atoms with Gasteiger partial charge >= 0.3 is 0 Å². The number of methoxy groups -OCH3 is 1. The Morgan fingerprint density at radius 1 is 0.553 bits per heavy atom. The summed E-state index contributed by atoms with van der Waals surface area (Å²) in [7, 11) is 1.74. The van der Waals surface area contributed by atoms with Gasteiger partial charge in [-0.1, -0.05) is 121 Å². The van der Waals surface area contributed by atoms with Crippen LogP contribution in [0.3, 0.4) is 0 Å². The van der Waals surface area contributed by atoms with Crippen LogP contribution in [0, 0.1) is 6.07 Å². The minimum Gasteiger partial charge on any atom is -0.497 e. The fourth-order valence-corrected chi connectivity index (χ4v) is 5.63. The van der Waals surface area contributed by atoms with Gasteiger partial charge < -0.3 is 4.74 Å². The summed E-state index contributed by atoms with van der Waals surface area (Å²) in [5.74, 6) is 0.904. The van der Waals surface area contributed by atoms with Gasteiger partial charge in [0.2, 0.25) is 0 Å². The molecule has 3 rings (SSSR count). The van der Waals surface area contributed by atoms with Crippen molar-refractivity contribution >= 4 is 0 Å². The molecule has 0 N–H and O–H groups in total. The predicted molar refractivity (Wildman–Crippen MR) is 166 cm³/mol. The highest BCUT2D eigenvalue weighted by molar-refractivity contribution is 5.87. The molecule has 38 heavy (non-hydrogen) atoms. The van der Waals surface area contributed by atoms with Crippen molar-refractivity contribution in [2.24, 2.45) is 0 Å². The van der Waals surface area contributed by atoms with Gasteiger partial charge in [-0.2, -0.15) is 0 Å². The summed E-state index contributed by atoms with van der Waals surface area (Å²) in [5.41, 5.74) is 9.92. The lowest BCUT2D eigenvalue weighted by Gasteiger charge is -2.24. The molecule has 0 aromatic heterocycles. The van der Waals surface area contributed by atoms with Gasteiger partial charge in [-0.05, 0) is 95.7 Å². The number of benzene rings is 3. The Labute approximate surface area is 234 Å². The molecular formula is C37H51O. The lowest BCUT2D eigenvalue weighted by Crippen LogP contribution is -2.07. The number of rotatable bonds is 18. The largest absolute Gasteiger partial charge is 0.497 e. The molecule has 0 aliphatic carbocycles. The van der Waals surface area contributed by atoms with Crippen molar-refractivity contribution in [2.45, 2.75) is 117 Å². The SMILES string of the molecule is CCCCCCCCc1c(CCCCCC)c(CCCC)[c]c(-c2ccc(OC)cc2)c1-c1ccccc1. The van der Waals surface area contributed by atoms with Crippen molar-refractivity contribution in [3.05, 3.63) is 77.4 Å². The number of aryl methyl sites for hydroxylation is 1. The Hall–Kier alpha value is -2.54. The van der Waals surface area contributed by atoms with Crippen LogP contribution < -0.4 is 4.74 Å². The Morgan fingerprint density at radius 2 is 1.13 bits per heavy atom. The minimum atomic E-state index is 0.904. The van der Waals surface area contributed by atoms with E-state index in [1.54, 1.807) is 18.2 Å². The van der Waals surface area contributed by atoms with E-state index in [0.717, 1.165) is 18.6 Å². The van der Waals surface area contributed by atoms with Crippen molar-refractivity contribution in [3.63, 3.8) is 0 Å². The van der Waals surface area contributed by atoms with E-state index in [4.69, 9.17) is 4.74 Å². The molecule has 1 nitrogen and oxygen atoms in total. The van der Waals surface area contributed by atoms with Gasteiger partial charge in [0.25, 0.3) is 0 Å². The third-order valence-corrected chi connectivity index (χ3v) is 7.84. The van der Waals surface area contributed by atoms with Crippen LogP contribution >= 0.6 is 0 Å². The van der Waals surface area contributed by atoms with E-state index in [2.05, 4.69) is 81.4 Å². The second-order valence-electron chi connectivity index (χ2n) is 10.8. The lowest BCUT2D eigenvalue weighted by molar-refractivity contribution is 0.415. The smallest absolute Gasteiger partial charge is 0.118 e. The minimum absolute atomic E-state index is 0.904. The fourth-order valence-electron chi connectivity index (χ4n) is 5.63. The van der Waals surface area contributed by atoms with Gasteiger partial charge in [0.15, 0.2) is 0 Å². The zero-order valence-electron chi connectivity index (χ0n) is 24.7. The van der Waals surface area contributed by atoms with Crippen LogP contribution in [0.25, 0.3) is 22.3 Å². The van der Waals surface area contributed by atoms with E-state index in [9.17, 15) is 0 Å². The molecule has 3 aromatic carbocycles. The van der Waals surface area contributed by atoms with E-state index in [1.807, 2.05) is 0 Å². The Bertz CT molecular complexity index is 1050. The van der Waals surface area contributed by atoms with Gasteiger partial charge in [0, 0.05) is 0 Å². The van der Waals surface area contributed by atoms with Crippen LogP contribution in [0.4, 0.5) is 0 Å². The van der Waals surface area contributed by atoms with Crippen LogP contribution in [-0.4, -0.2) is 7.11 Å². The zero-order valence-corrected chi connectivity index (χ0v) is 24.7. The van der Waals surface area contributed by atoms with E-state index in [-0.39, 0.29) is 0 Å². The molecule has 0 heterocycles. The van der Waals surface area contributed by atoms with Crippen LogP contribution in [0.5, 0.6) is 5.75 Å². The van der Waals surface area contributed by atoms with Crippen LogP contribution in [0.15, 0.2) is 54.6 Å². The summed E-state index contributed by atoms with van der Waals surface area (Å²) >= 11 is 0. The molecule has 0 amide bonds. The molecule has 0 unspecified atom stereocenters. The van der Waals surface area contributed by atoms with Crippen molar-refractivity contribution in [3.8, 4) is 28.0 Å². The number of unbranched alkanes of at least 4 members (excludes halogenated alkanes) is 9. The Kier molecular flexibility index (Phi) is 13.5. The highest BCUT2D eigenvalue weighted by atomic mass is 16.5. The molecule has 205 valence electrons. The average molecular weight is 512 g/mol. The maximum atomic E-state index is 5.49. The topological polar surface area (TPSA) is 9.23 Å². The van der Waals surface area contributed by atoms with Gasteiger partial charge in [0.05, 0.1) is 7.11 Å². The molecule has 0 saturated carbocycles. The molecule has 1 radical (unpaired) electrons. The summed E-state index contributed by atoms with van der Waals surface area (Å²) in [6.07, 6.45) is 19.1. The van der Waals surface area contributed by atoms with Gasteiger partial charge in [-0.25, -0.2) is 0 Å². The van der Waals surface area contributed by atoms with Crippen LogP contribution in [0.2, 0.25) is 0 Å². The van der Waals surface area contributed by atoms with E-state index in [0.29, 0.717) is 0 Å². The quantitative estimate of drug-likeness (QED) is 0.154. The lowest BCUT2D eigenvalue weighted by atomic mass is 9.80. The number of hydrogen-bond donors (Lipinski definition) is 0. The molecule has 3 aromatic rings. The van der Waals surface area contributed by atoms with E-state index >= 15 is 0 Å². The van der Waals surface area contributed by atoms with Gasteiger partial charge in [-0.15, -0.1) is 0 Å². The second kappa shape index (κ2) is 17.1. The monoisotopic (exact) mass is 511 g/mol. The highest BCUT2D eigenvalue weighted by Gasteiger charge is 2.20. The van der Waals surface area contributed by atoms with Crippen molar-refractivity contribution in [2.75, 3.05) is 7.11 Å².